The third-order valence-electron chi connectivity index (χ3n) is 4.24. The smallest absolute Gasteiger partial charge is 0.0130 e. The van der Waals surface area contributed by atoms with E-state index < -0.39 is 13.5 Å². The largest absolute Gasteiger partial charge is 0.522 e. The van der Waals surface area contributed by atoms with Crippen molar-refractivity contribution < 1.29 is 18.3 Å². The molecule has 5 heteroatoms. The van der Waals surface area contributed by atoms with Gasteiger partial charge in [-0.2, -0.15) is 6.42 Å². The average Bonchev–Trinajstić information content (AvgIpc) is 3.08. The molecule has 1 heterocycles. The summed E-state index contributed by atoms with van der Waals surface area (Å²) in [4.78, 5) is 2.41. The summed E-state index contributed by atoms with van der Waals surface area (Å²) in [6.45, 7) is 10.1. The number of para-hydroxylation sites is 1. The van der Waals surface area contributed by atoms with Gasteiger partial charge in [-0.15, -0.1) is 0 Å². The maximum Gasteiger partial charge on any atom is 0.0130 e. The van der Waals surface area contributed by atoms with E-state index in [2.05, 4.69) is 49.1 Å². The van der Waals surface area contributed by atoms with Crippen LogP contribution in [0.3, 0.4) is 0 Å². The van der Waals surface area contributed by atoms with Crippen molar-refractivity contribution in [2.45, 2.75) is 33.6 Å². The molecule has 26 heavy (non-hydrogen) atoms. The summed E-state index contributed by atoms with van der Waals surface area (Å²) in [5, 5.41) is 0. The number of aromatic hydroxyl groups is 1. The van der Waals surface area contributed by atoms with Gasteiger partial charge in [0, 0.05) is 5.69 Å². The van der Waals surface area contributed by atoms with E-state index in [4.69, 9.17) is 19.4 Å². The summed E-state index contributed by atoms with van der Waals surface area (Å²) in [6.07, 6.45) is 2.53. The van der Waals surface area contributed by atoms with E-state index >= 15 is 0 Å². The summed E-state index contributed by atoms with van der Waals surface area (Å²) in [7, 11) is 13.3. The van der Waals surface area contributed by atoms with Crippen LogP contribution in [-0.4, -0.2) is 23.0 Å². The first-order valence-corrected chi connectivity index (χ1v) is 14.1. The summed E-state index contributed by atoms with van der Waals surface area (Å²) in [6, 6.07) is 12.3. The van der Waals surface area contributed by atoms with E-state index in [0.29, 0.717) is 0 Å². The third-order valence-corrected chi connectivity index (χ3v) is 6.07. The number of benzene rings is 2. The molecule has 0 atom stereocenters. The second kappa shape index (κ2) is 10.4. The Morgan fingerprint density at radius 2 is 1.77 bits per heavy atom. The van der Waals surface area contributed by atoms with Crippen LogP contribution in [0.5, 0.6) is 5.75 Å². The van der Waals surface area contributed by atoms with Gasteiger partial charge in [-0.3, -0.25) is 0 Å². The molecule has 0 radical (unpaired) electrons. The molecule has 144 valence electrons. The van der Waals surface area contributed by atoms with Gasteiger partial charge >= 0.3 is 84.9 Å². The topological polar surface area (TPSA) is 16.0 Å². The Morgan fingerprint density at radius 3 is 2.31 bits per heavy atom. The van der Waals surface area contributed by atoms with Crippen LogP contribution in [0, 0.1) is 27.3 Å². The molecule has 0 saturated carbocycles. The molecule has 1 fully saturated rings. The number of anilines is 1. The molecule has 0 aliphatic carbocycles. The zero-order chi connectivity index (χ0) is 19.1. The van der Waals surface area contributed by atoms with E-state index in [-0.39, 0.29) is 0 Å². The van der Waals surface area contributed by atoms with Gasteiger partial charge in [0.2, 0.25) is 0 Å². The van der Waals surface area contributed by atoms with Crippen LogP contribution in [-0.2, 0) is 13.5 Å². The molecule has 1 saturated heterocycles. The first-order chi connectivity index (χ1) is 12.4. The molecule has 2 aromatic rings. The summed E-state index contributed by atoms with van der Waals surface area (Å²) in [5.74, 6) is 0.942. The Morgan fingerprint density at radius 1 is 1.12 bits per heavy atom. The summed E-state index contributed by atoms with van der Waals surface area (Å²) < 4.78 is 6.00. The van der Waals surface area contributed by atoms with Crippen LogP contribution in [0.25, 0.3) is 0 Å². The van der Waals surface area contributed by atoms with E-state index in [9.17, 15) is 0 Å². The van der Waals surface area contributed by atoms with Crippen LogP contribution in [0.2, 0.25) is 0 Å². The molecule has 1 aliphatic heterocycles. The van der Waals surface area contributed by atoms with Crippen molar-refractivity contribution in [1.82, 2.24) is 0 Å². The van der Waals surface area contributed by atoms with E-state index in [1.54, 1.807) is 7.11 Å². The minimum absolute atomic E-state index is 0.942. The van der Waals surface area contributed by atoms with Gasteiger partial charge in [0.25, 0.3) is 0 Å². The van der Waals surface area contributed by atoms with E-state index in [1.165, 1.54) is 41.8 Å². The average molecular weight is 481 g/mol. The number of aliphatic hydroxyl groups is 1. The van der Waals surface area contributed by atoms with Crippen molar-refractivity contribution in [3.8, 4) is 5.75 Å². The zero-order valence-electron chi connectivity index (χ0n) is 15.7. The number of hydrogen-bond acceptors (Lipinski definition) is 1. The van der Waals surface area contributed by atoms with Gasteiger partial charge in [0.1, 0.15) is 0 Å². The van der Waals surface area contributed by atoms with Crippen LogP contribution in [0.1, 0.15) is 35.1 Å². The predicted molar refractivity (Wildman–Crippen MR) is 112 cm³/mol. The Kier molecular flexibility index (Phi) is 8.61. The van der Waals surface area contributed by atoms with Gasteiger partial charge in [-0.1, -0.05) is 24.1 Å². The van der Waals surface area contributed by atoms with Gasteiger partial charge in [-0.05, 0) is 38.4 Å². The van der Waals surface area contributed by atoms with Gasteiger partial charge in [0.15, 0.2) is 0 Å². The fourth-order valence-corrected chi connectivity index (χ4v) is 5.11. The number of halogens is 2. The minimum Gasteiger partial charge on any atom is -0.522 e. The summed E-state index contributed by atoms with van der Waals surface area (Å²) >= 11 is -1.72. The number of rotatable bonds is 3. The second-order valence-corrected chi connectivity index (χ2v) is 12.1. The molecule has 0 spiro atoms. The SMILES string of the molecule is C[OH+]c1ccccc1[CH]=[Ru]([Cl])[Cl].Cc1cc(C)c(N2[CH-]CCC2)c(C)c1. The quantitative estimate of drug-likeness (QED) is 0.298. The standard InChI is InChI=1S/C13H18N.C8H8O.2ClH.Ru/c1-10-8-11(2)13(12(3)9-10)14-6-4-5-7-14;1-7-5-3-4-6-8(7)9-2;;;/h6,8-9H,4-5,7H2,1-3H3;1,3-6H,2H3;2*1H;/q-1;;;;+2/p-1. The van der Waals surface area contributed by atoms with Crippen LogP contribution >= 0.6 is 19.4 Å². The molecule has 1 N–H and O–H groups in total. The fraction of sp³-hybridized carbons (Fsp3) is 0.333. The monoisotopic (exact) mass is 481 g/mol. The molecule has 3 rings (SSSR count). The van der Waals surface area contributed by atoms with Crippen molar-refractivity contribution in [1.29, 1.82) is 0 Å². The molecular formula is C21H27Cl2NORu. The van der Waals surface area contributed by atoms with E-state index in [0.717, 1.165) is 11.3 Å². The van der Waals surface area contributed by atoms with Gasteiger partial charge in [-0.25, -0.2) is 6.54 Å². The van der Waals surface area contributed by atoms with Gasteiger partial charge in [0.05, 0.1) is 0 Å². The maximum absolute atomic E-state index is 5.75. The molecule has 1 aliphatic rings. The normalized spacial score (nSPS) is 13.8. The maximum atomic E-state index is 5.75. The van der Waals surface area contributed by atoms with Crippen molar-refractivity contribution in [2.24, 2.45) is 0 Å². The molecule has 0 bridgehead atoms. The predicted octanol–water partition coefficient (Wildman–Crippen LogP) is 6.01. The molecule has 0 aromatic heterocycles. The van der Waals surface area contributed by atoms with Gasteiger partial charge < -0.3 is 4.90 Å². The Labute approximate surface area is 170 Å². The molecular weight excluding hydrogens is 454 g/mol. The molecule has 2 aromatic carbocycles. The van der Waals surface area contributed by atoms with Crippen molar-refractivity contribution >= 4 is 29.7 Å². The molecule has 0 unspecified atom stereocenters. The van der Waals surface area contributed by atoms with Crippen LogP contribution in [0.4, 0.5) is 5.69 Å². The Hall–Kier alpha value is -0.887. The minimum atomic E-state index is -1.72. The third kappa shape index (κ3) is 6.08. The molecule has 0 amide bonds. The van der Waals surface area contributed by atoms with Crippen molar-refractivity contribution in [3.05, 3.63) is 65.2 Å². The van der Waals surface area contributed by atoms with Crippen LogP contribution in [0.15, 0.2) is 36.4 Å². The van der Waals surface area contributed by atoms with Crippen molar-refractivity contribution in [2.75, 3.05) is 18.6 Å². The number of ether oxygens (including phenoxy) is 1. The van der Waals surface area contributed by atoms with E-state index in [1.807, 2.05) is 28.9 Å². The summed E-state index contributed by atoms with van der Waals surface area (Å²) in [5.41, 5.74) is 6.63. The Bertz CT molecular complexity index is 743. The first-order valence-electron chi connectivity index (χ1n) is 8.62. The van der Waals surface area contributed by atoms with Crippen LogP contribution < -0.4 is 4.90 Å². The number of aryl methyl sites for hydroxylation is 3. The molecule has 2 nitrogen and oxygen atoms in total. The number of hydrogen-bond donors (Lipinski definition) is 0. The Balaban J connectivity index is 0.000000190. The zero-order valence-corrected chi connectivity index (χ0v) is 19.0. The number of nitrogens with zero attached hydrogens (tertiary/aromatic N) is 1. The second-order valence-electron chi connectivity index (χ2n) is 6.35. The fourth-order valence-electron chi connectivity index (χ4n) is 3.29. The first kappa shape index (κ1) is 21.4. The van der Waals surface area contributed by atoms with Crippen molar-refractivity contribution in [3.63, 3.8) is 0 Å².